The van der Waals surface area contributed by atoms with Crippen molar-refractivity contribution in [3.63, 3.8) is 0 Å². The van der Waals surface area contributed by atoms with E-state index < -0.39 is 6.10 Å². The van der Waals surface area contributed by atoms with Crippen LogP contribution in [-0.4, -0.2) is 37.2 Å². The van der Waals surface area contributed by atoms with Gasteiger partial charge >= 0.3 is 17.9 Å². The molecule has 0 bridgehead atoms. The molecule has 0 spiro atoms. The molecular weight excluding hydrogens is 925 g/mol. The number of carbonyl (C=O) groups excluding carboxylic acids is 3. The molecule has 0 radical (unpaired) electrons. The average Bonchev–Trinajstić information content (AvgIpc) is 3.41. The second kappa shape index (κ2) is 63.4. The second-order valence-corrected chi connectivity index (χ2v) is 21.6. The van der Waals surface area contributed by atoms with Gasteiger partial charge in [0.25, 0.3) is 0 Å². The van der Waals surface area contributed by atoms with Crippen molar-refractivity contribution in [2.45, 2.75) is 335 Å². The van der Waals surface area contributed by atoms with Crippen molar-refractivity contribution >= 4 is 17.9 Å². The highest BCUT2D eigenvalue weighted by Gasteiger charge is 2.19. The number of rotatable bonds is 59. The van der Waals surface area contributed by atoms with E-state index >= 15 is 0 Å². The molecular formula is C69H122O6. The summed E-state index contributed by atoms with van der Waals surface area (Å²) in [6, 6.07) is 0. The first-order valence-corrected chi connectivity index (χ1v) is 32.4. The van der Waals surface area contributed by atoms with Crippen LogP contribution in [0.2, 0.25) is 0 Å². The first-order valence-electron chi connectivity index (χ1n) is 32.4. The molecule has 434 valence electrons. The van der Waals surface area contributed by atoms with E-state index in [4.69, 9.17) is 14.2 Å². The molecule has 0 saturated carbocycles. The predicted octanol–water partition coefficient (Wildman–Crippen LogP) is 22.1. The molecule has 6 nitrogen and oxygen atoms in total. The molecule has 0 aliphatic heterocycles. The zero-order valence-corrected chi connectivity index (χ0v) is 49.8. The van der Waals surface area contributed by atoms with Gasteiger partial charge in [-0.15, -0.1) is 0 Å². The Morgan fingerprint density at radius 1 is 0.280 bits per heavy atom. The third kappa shape index (κ3) is 61.6. The highest BCUT2D eigenvalue weighted by Crippen LogP contribution is 2.17. The van der Waals surface area contributed by atoms with Crippen LogP contribution in [0.15, 0.2) is 72.9 Å². The molecule has 1 atom stereocenters. The predicted molar refractivity (Wildman–Crippen MR) is 325 cm³/mol. The molecule has 0 saturated heterocycles. The van der Waals surface area contributed by atoms with E-state index in [9.17, 15) is 14.4 Å². The van der Waals surface area contributed by atoms with E-state index in [0.29, 0.717) is 19.3 Å². The van der Waals surface area contributed by atoms with Crippen molar-refractivity contribution in [3.8, 4) is 0 Å². The topological polar surface area (TPSA) is 78.9 Å². The summed E-state index contributed by atoms with van der Waals surface area (Å²) in [5.74, 6) is -0.883. The first kappa shape index (κ1) is 71.8. The summed E-state index contributed by atoms with van der Waals surface area (Å²) < 4.78 is 16.8. The van der Waals surface area contributed by atoms with E-state index in [1.165, 1.54) is 180 Å². The average molecular weight is 1050 g/mol. The molecule has 0 rings (SSSR count). The van der Waals surface area contributed by atoms with Crippen LogP contribution in [0.4, 0.5) is 0 Å². The van der Waals surface area contributed by atoms with Crippen LogP contribution in [0.25, 0.3) is 0 Å². The number of carbonyl (C=O) groups is 3. The van der Waals surface area contributed by atoms with Gasteiger partial charge in [0.15, 0.2) is 6.10 Å². The van der Waals surface area contributed by atoms with Gasteiger partial charge in [-0.1, -0.05) is 293 Å². The summed E-state index contributed by atoms with van der Waals surface area (Å²) in [7, 11) is 0. The Kier molecular flexibility index (Phi) is 60.7. The largest absolute Gasteiger partial charge is 0.462 e. The molecule has 0 fully saturated rings. The Morgan fingerprint density at radius 2 is 0.520 bits per heavy atom. The highest BCUT2D eigenvalue weighted by molar-refractivity contribution is 5.71. The lowest BCUT2D eigenvalue weighted by Gasteiger charge is -2.18. The van der Waals surface area contributed by atoms with E-state index in [0.717, 1.165) is 109 Å². The van der Waals surface area contributed by atoms with E-state index in [1.54, 1.807) is 0 Å². The maximum atomic E-state index is 12.8. The van der Waals surface area contributed by atoms with Gasteiger partial charge in [-0.2, -0.15) is 0 Å². The van der Waals surface area contributed by atoms with Gasteiger partial charge in [-0.05, 0) is 89.9 Å². The fourth-order valence-electron chi connectivity index (χ4n) is 9.35. The number of hydrogen-bond acceptors (Lipinski definition) is 6. The molecule has 0 heterocycles. The molecule has 0 N–H and O–H groups in total. The van der Waals surface area contributed by atoms with Crippen molar-refractivity contribution in [3.05, 3.63) is 72.9 Å². The smallest absolute Gasteiger partial charge is 0.306 e. The van der Waals surface area contributed by atoms with Crippen molar-refractivity contribution in [2.24, 2.45) is 0 Å². The van der Waals surface area contributed by atoms with Gasteiger partial charge in [0.05, 0.1) is 0 Å². The first-order chi connectivity index (χ1) is 37.0. The summed E-state index contributed by atoms with van der Waals surface area (Å²) in [6.45, 7) is 6.48. The SMILES string of the molecule is CC/C=C\C/C=C\C/C=C\C/C=C\CCCCCCCCCCCCCCCCCCCCCCCCC(=O)OCC(COC(=O)CCCCCCCCC)OC(=O)CCCCCCC/C=C\C/C=C\CCCCC. The Hall–Kier alpha value is -3.15. The maximum absolute atomic E-state index is 12.8. The zero-order valence-electron chi connectivity index (χ0n) is 49.8. The Labute approximate surface area is 465 Å². The third-order valence-corrected chi connectivity index (χ3v) is 14.2. The Bertz CT molecular complexity index is 1390. The van der Waals surface area contributed by atoms with Gasteiger partial charge in [-0.25, -0.2) is 0 Å². The van der Waals surface area contributed by atoms with Crippen LogP contribution in [0.3, 0.4) is 0 Å². The Morgan fingerprint density at radius 3 is 0.840 bits per heavy atom. The van der Waals surface area contributed by atoms with Crippen LogP contribution in [0, 0.1) is 0 Å². The van der Waals surface area contributed by atoms with Gasteiger partial charge in [-0.3, -0.25) is 14.4 Å². The van der Waals surface area contributed by atoms with Crippen LogP contribution < -0.4 is 0 Å². The molecule has 6 heteroatoms. The summed E-state index contributed by atoms with van der Waals surface area (Å²) in [5.41, 5.74) is 0. The lowest BCUT2D eigenvalue weighted by molar-refractivity contribution is -0.167. The molecule has 0 aliphatic carbocycles. The fourth-order valence-corrected chi connectivity index (χ4v) is 9.35. The zero-order chi connectivity index (χ0) is 54.3. The molecule has 0 amide bonds. The lowest BCUT2D eigenvalue weighted by atomic mass is 10.0. The van der Waals surface area contributed by atoms with E-state index in [-0.39, 0.29) is 31.1 Å². The maximum Gasteiger partial charge on any atom is 0.306 e. The van der Waals surface area contributed by atoms with Gasteiger partial charge < -0.3 is 14.2 Å². The Balaban J connectivity index is 3.95. The normalized spacial score (nSPS) is 12.5. The molecule has 0 aliphatic rings. The molecule has 1 unspecified atom stereocenters. The minimum Gasteiger partial charge on any atom is -0.462 e. The lowest BCUT2D eigenvalue weighted by Crippen LogP contribution is -2.30. The number of unbranched alkanes of at least 4 members (excludes halogenated alkanes) is 36. The van der Waals surface area contributed by atoms with E-state index in [2.05, 4.69) is 93.7 Å². The minimum atomic E-state index is -0.776. The molecule has 75 heavy (non-hydrogen) atoms. The summed E-state index contributed by atoms with van der Waals surface area (Å²) >= 11 is 0. The standard InChI is InChI=1S/C69H122O6/c1-4-7-10-13-16-18-20-22-24-25-26-27-28-29-30-31-32-33-34-35-36-37-38-39-40-41-42-43-45-46-48-50-53-56-59-62-68(71)74-65-66(64-73-67(70)61-58-55-52-15-12-9-6-3)75-69(72)63-60-57-54-51-49-47-44-23-21-19-17-14-11-8-5-2/h7,10,16-19,22-24,26-27,44,66H,4-6,8-9,11-15,20-21,25,28-43,45-65H2,1-3H3/b10-7-,18-16-,19-17-,24-22-,27-26-,44-23-. The van der Waals surface area contributed by atoms with Crippen LogP contribution in [0.1, 0.15) is 329 Å². The number of ether oxygens (including phenoxy) is 3. The highest BCUT2D eigenvalue weighted by atomic mass is 16.6. The van der Waals surface area contributed by atoms with Crippen molar-refractivity contribution < 1.29 is 28.6 Å². The number of allylic oxidation sites excluding steroid dienone is 12. The number of hydrogen-bond donors (Lipinski definition) is 0. The molecule has 0 aromatic carbocycles. The van der Waals surface area contributed by atoms with Gasteiger partial charge in [0.2, 0.25) is 0 Å². The number of esters is 3. The van der Waals surface area contributed by atoms with Crippen molar-refractivity contribution in [1.29, 1.82) is 0 Å². The second-order valence-electron chi connectivity index (χ2n) is 21.6. The van der Waals surface area contributed by atoms with Crippen molar-refractivity contribution in [1.82, 2.24) is 0 Å². The fraction of sp³-hybridized carbons (Fsp3) is 0.783. The molecule has 0 aromatic rings. The summed E-state index contributed by atoms with van der Waals surface area (Å²) in [6.07, 6.45) is 82.4. The monoisotopic (exact) mass is 1050 g/mol. The van der Waals surface area contributed by atoms with Crippen molar-refractivity contribution in [2.75, 3.05) is 13.2 Å². The summed E-state index contributed by atoms with van der Waals surface area (Å²) in [5, 5.41) is 0. The van der Waals surface area contributed by atoms with Gasteiger partial charge in [0, 0.05) is 19.3 Å². The summed E-state index contributed by atoms with van der Waals surface area (Å²) in [4.78, 5) is 38.0. The van der Waals surface area contributed by atoms with Crippen LogP contribution in [0.5, 0.6) is 0 Å². The minimum absolute atomic E-state index is 0.0761. The third-order valence-electron chi connectivity index (χ3n) is 14.2. The quantitative estimate of drug-likeness (QED) is 0.0261. The van der Waals surface area contributed by atoms with Gasteiger partial charge in [0.1, 0.15) is 13.2 Å². The van der Waals surface area contributed by atoms with Crippen LogP contribution in [-0.2, 0) is 28.6 Å². The van der Waals surface area contributed by atoms with Crippen LogP contribution >= 0.6 is 0 Å². The van der Waals surface area contributed by atoms with E-state index in [1.807, 2.05) is 0 Å². The molecule has 0 aromatic heterocycles.